The van der Waals surface area contributed by atoms with Crippen molar-refractivity contribution in [1.29, 1.82) is 5.26 Å². The third kappa shape index (κ3) is 4.34. The Bertz CT molecular complexity index is 1370. The van der Waals surface area contributed by atoms with Gasteiger partial charge in [-0.3, -0.25) is 9.89 Å². The van der Waals surface area contributed by atoms with E-state index in [2.05, 4.69) is 46.4 Å². The highest BCUT2D eigenvalue weighted by Crippen LogP contribution is 2.38. The van der Waals surface area contributed by atoms with Crippen molar-refractivity contribution in [2.24, 2.45) is 11.8 Å². The third-order valence-corrected chi connectivity index (χ3v) is 7.36. The fourth-order valence-corrected chi connectivity index (χ4v) is 4.90. The summed E-state index contributed by atoms with van der Waals surface area (Å²) < 4.78 is 5.86. The highest BCUT2D eigenvalue weighted by molar-refractivity contribution is 5.94. The second-order valence-electron chi connectivity index (χ2n) is 10.1. The standard InChI is InChI=1S/C25H27N9O2/c1-25(5-2-6-25)31-23(35)19-10-20(30-24(29-19)36-13-17-9-16(17)11-26)34-7-3-15(4-8-34)21-18-12-27-14-28-22(18)33-32-21/h2,5,10,12,14-17H,3-4,6-9,13H2,1H3,(H,31,35)(H,27,28,32,33)/t16?,17-,25?/m1/s1. The second-order valence-corrected chi connectivity index (χ2v) is 10.1. The number of hydrogen-bond donors (Lipinski definition) is 2. The molecule has 184 valence electrons. The van der Waals surface area contributed by atoms with Gasteiger partial charge in [-0.1, -0.05) is 12.2 Å². The van der Waals surface area contributed by atoms with Crippen molar-refractivity contribution in [3.8, 4) is 12.1 Å². The molecule has 0 radical (unpaired) electrons. The zero-order chi connectivity index (χ0) is 24.7. The molecule has 1 amide bonds. The van der Waals surface area contributed by atoms with E-state index in [1.807, 2.05) is 19.1 Å². The number of piperidine rings is 1. The average molecular weight is 486 g/mol. The summed E-state index contributed by atoms with van der Waals surface area (Å²) in [5.74, 6) is 0.950. The van der Waals surface area contributed by atoms with E-state index in [1.54, 1.807) is 12.3 Å². The van der Waals surface area contributed by atoms with Crippen molar-refractivity contribution in [3.63, 3.8) is 0 Å². The molecule has 36 heavy (non-hydrogen) atoms. The molecule has 3 aromatic rings. The lowest BCUT2D eigenvalue weighted by Crippen LogP contribution is -2.47. The van der Waals surface area contributed by atoms with Crippen LogP contribution < -0.4 is 15.0 Å². The molecular formula is C25H27N9O2. The number of ether oxygens (including phenoxy) is 1. The number of fused-ring (bicyclic) bond motifs is 1. The minimum absolute atomic E-state index is 0.0318. The molecule has 11 nitrogen and oxygen atoms in total. The number of nitrogens with one attached hydrogen (secondary N) is 2. The van der Waals surface area contributed by atoms with E-state index in [-0.39, 0.29) is 35.0 Å². The van der Waals surface area contributed by atoms with E-state index >= 15 is 0 Å². The summed E-state index contributed by atoms with van der Waals surface area (Å²) in [6.07, 6.45) is 10.7. The van der Waals surface area contributed by atoms with E-state index in [0.29, 0.717) is 24.0 Å². The van der Waals surface area contributed by atoms with Crippen LogP contribution in [-0.2, 0) is 0 Å². The zero-order valence-electron chi connectivity index (χ0n) is 20.0. The minimum Gasteiger partial charge on any atom is -0.463 e. The van der Waals surface area contributed by atoms with Crippen LogP contribution >= 0.6 is 0 Å². The highest BCUT2D eigenvalue weighted by Gasteiger charge is 2.38. The largest absolute Gasteiger partial charge is 0.463 e. The van der Waals surface area contributed by atoms with Crippen molar-refractivity contribution in [3.05, 3.63) is 42.1 Å². The molecule has 2 fully saturated rings. The maximum absolute atomic E-state index is 13.0. The van der Waals surface area contributed by atoms with Gasteiger partial charge in [0.25, 0.3) is 5.91 Å². The second kappa shape index (κ2) is 8.86. The summed E-state index contributed by atoms with van der Waals surface area (Å²) in [5, 5.41) is 20.5. The Morgan fingerprint density at radius 3 is 2.92 bits per heavy atom. The van der Waals surface area contributed by atoms with Crippen LogP contribution in [0.15, 0.2) is 30.7 Å². The average Bonchev–Trinajstić information content (AvgIpc) is 3.53. The minimum atomic E-state index is -0.355. The van der Waals surface area contributed by atoms with Crippen molar-refractivity contribution < 1.29 is 9.53 Å². The number of carbonyl (C=O) groups excluding carboxylic acids is 1. The lowest BCUT2D eigenvalue weighted by Gasteiger charge is -2.33. The number of aromatic nitrogens is 6. The van der Waals surface area contributed by atoms with Gasteiger partial charge in [0.2, 0.25) is 0 Å². The van der Waals surface area contributed by atoms with E-state index < -0.39 is 0 Å². The van der Waals surface area contributed by atoms with E-state index in [9.17, 15) is 4.79 Å². The van der Waals surface area contributed by atoms with Gasteiger partial charge in [-0.2, -0.15) is 20.3 Å². The van der Waals surface area contributed by atoms with Gasteiger partial charge in [-0.05, 0) is 32.6 Å². The molecule has 3 aliphatic rings. The maximum Gasteiger partial charge on any atom is 0.319 e. The van der Waals surface area contributed by atoms with E-state index in [0.717, 1.165) is 49.9 Å². The third-order valence-electron chi connectivity index (χ3n) is 7.36. The predicted molar refractivity (Wildman–Crippen MR) is 130 cm³/mol. The smallest absolute Gasteiger partial charge is 0.319 e. The molecule has 11 heteroatoms. The van der Waals surface area contributed by atoms with Crippen LogP contribution in [0.2, 0.25) is 0 Å². The molecule has 1 aliphatic heterocycles. The topological polar surface area (TPSA) is 146 Å². The number of rotatable bonds is 7. The maximum atomic E-state index is 13.0. The van der Waals surface area contributed by atoms with Crippen molar-refractivity contribution in [2.45, 2.75) is 44.1 Å². The Morgan fingerprint density at radius 2 is 2.19 bits per heavy atom. The molecule has 0 bridgehead atoms. The number of carbonyl (C=O) groups is 1. The van der Waals surface area contributed by atoms with Crippen LogP contribution in [0.4, 0.5) is 5.82 Å². The monoisotopic (exact) mass is 485 g/mol. The number of nitriles is 1. The van der Waals surface area contributed by atoms with Crippen LogP contribution in [0.3, 0.4) is 0 Å². The van der Waals surface area contributed by atoms with Gasteiger partial charge in [0.1, 0.15) is 17.8 Å². The summed E-state index contributed by atoms with van der Waals surface area (Å²) in [5.41, 5.74) is 1.67. The van der Waals surface area contributed by atoms with Crippen LogP contribution in [0.1, 0.15) is 54.7 Å². The SMILES string of the molecule is CC1(NC(=O)c2cc(N3CCC(c4[nH]nc5ncncc45)CC3)nc(OC[C@H]3CC3C#N)n2)C=CC1. The van der Waals surface area contributed by atoms with Gasteiger partial charge in [0.05, 0.1) is 29.5 Å². The Balaban J connectivity index is 1.19. The van der Waals surface area contributed by atoms with Crippen molar-refractivity contribution in [1.82, 2.24) is 35.5 Å². The molecule has 0 spiro atoms. The first-order valence-corrected chi connectivity index (χ1v) is 12.3. The van der Waals surface area contributed by atoms with Crippen LogP contribution in [0, 0.1) is 23.2 Å². The first-order valence-electron chi connectivity index (χ1n) is 12.3. The molecule has 4 heterocycles. The van der Waals surface area contributed by atoms with Crippen LogP contribution in [-0.4, -0.2) is 61.3 Å². The molecule has 6 rings (SSSR count). The molecular weight excluding hydrogens is 458 g/mol. The van der Waals surface area contributed by atoms with Gasteiger partial charge in [0, 0.05) is 42.9 Å². The zero-order valence-corrected chi connectivity index (χ0v) is 20.0. The van der Waals surface area contributed by atoms with Crippen molar-refractivity contribution in [2.75, 3.05) is 24.6 Å². The number of aromatic amines is 1. The first kappa shape index (κ1) is 22.4. The normalized spacial score (nSPS) is 25.3. The summed E-state index contributed by atoms with van der Waals surface area (Å²) in [7, 11) is 0. The molecule has 3 aromatic heterocycles. The van der Waals surface area contributed by atoms with Gasteiger partial charge in [0.15, 0.2) is 5.65 Å². The molecule has 2 unspecified atom stereocenters. The van der Waals surface area contributed by atoms with Crippen LogP contribution in [0.5, 0.6) is 6.01 Å². The number of nitrogens with zero attached hydrogens (tertiary/aromatic N) is 7. The fraction of sp³-hybridized carbons (Fsp3) is 0.480. The number of H-pyrrole nitrogens is 1. The van der Waals surface area contributed by atoms with Gasteiger partial charge >= 0.3 is 6.01 Å². The predicted octanol–water partition coefficient (Wildman–Crippen LogP) is 2.51. The first-order chi connectivity index (χ1) is 17.5. The van der Waals surface area contributed by atoms with Crippen LogP contribution in [0.25, 0.3) is 11.0 Å². The Hall–Kier alpha value is -4.07. The van der Waals surface area contributed by atoms with Gasteiger partial charge in [-0.15, -0.1) is 0 Å². The van der Waals surface area contributed by atoms with E-state index in [4.69, 9.17) is 10.00 Å². The fourth-order valence-electron chi connectivity index (χ4n) is 4.90. The van der Waals surface area contributed by atoms with Gasteiger partial charge < -0.3 is 15.0 Å². The lowest BCUT2D eigenvalue weighted by molar-refractivity contribution is 0.0911. The summed E-state index contributed by atoms with van der Waals surface area (Å²) in [4.78, 5) is 32.6. The van der Waals surface area contributed by atoms with Crippen molar-refractivity contribution >= 4 is 22.8 Å². The number of amides is 1. The quantitative estimate of drug-likeness (QED) is 0.482. The molecule has 1 saturated heterocycles. The molecule has 1 saturated carbocycles. The van der Waals surface area contributed by atoms with E-state index in [1.165, 1.54) is 6.33 Å². The Morgan fingerprint density at radius 1 is 1.36 bits per heavy atom. The summed E-state index contributed by atoms with van der Waals surface area (Å²) >= 11 is 0. The Labute approximate surface area is 208 Å². The molecule has 2 aliphatic carbocycles. The molecule has 0 aromatic carbocycles. The molecule has 2 N–H and O–H groups in total. The Kier molecular flexibility index (Phi) is 5.51. The lowest BCUT2D eigenvalue weighted by atomic mass is 9.87. The highest BCUT2D eigenvalue weighted by atomic mass is 16.5. The molecule has 3 atom stereocenters. The summed E-state index contributed by atoms with van der Waals surface area (Å²) in [6.45, 7) is 3.88. The summed E-state index contributed by atoms with van der Waals surface area (Å²) in [6, 6.07) is 4.18. The number of anilines is 1. The van der Waals surface area contributed by atoms with Gasteiger partial charge in [-0.25, -0.2) is 9.97 Å². The number of hydrogen-bond acceptors (Lipinski definition) is 9.